The highest BCUT2D eigenvalue weighted by molar-refractivity contribution is 7.90. The van der Waals surface area contributed by atoms with Crippen LogP contribution in [0.1, 0.15) is 39.3 Å². The number of carbonyl (C=O) groups is 1. The van der Waals surface area contributed by atoms with E-state index >= 15 is 0 Å². The standard InChI is InChI=1S/C14H21NO3S/c1-10(15-13(16)14(2,3)4)11-6-8-12(9-7-11)19(5,17)18/h6-10H,1-5H3,(H,15,16)/t10-/m1/s1. The van der Waals surface area contributed by atoms with E-state index in [0.717, 1.165) is 5.56 Å². The molecule has 19 heavy (non-hydrogen) atoms. The molecule has 1 aromatic carbocycles. The van der Waals surface area contributed by atoms with Crippen LogP contribution in [0.4, 0.5) is 0 Å². The molecule has 4 nitrogen and oxygen atoms in total. The summed E-state index contributed by atoms with van der Waals surface area (Å²) in [6, 6.07) is 6.42. The molecule has 0 saturated heterocycles. The Kier molecular flexibility index (Phi) is 4.40. The third-order valence-electron chi connectivity index (χ3n) is 2.84. The molecule has 0 heterocycles. The van der Waals surface area contributed by atoms with E-state index in [1.807, 2.05) is 27.7 Å². The number of carbonyl (C=O) groups excluding carboxylic acids is 1. The van der Waals surface area contributed by atoms with Gasteiger partial charge in [-0.1, -0.05) is 32.9 Å². The van der Waals surface area contributed by atoms with Crippen LogP contribution in [0.2, 0.25) is 0 Å². The summed E-state index contributed by atoms with van der Waals surface area (Å²) in [5.74, 6) is -0.0350. The summed E-state index contributed by atoms with van der Waals surface area (Å²) < 4.78 is 22.7. The van der Waals surface area contributed by atoms with E-state index in [1.165, 1.54) is 6.26 Å². The molecule has 0 radical (unpaired) electrons. The molecule has 1 atom stereocenters. The first-order chi connectivity index (χ1) is 8.51. The van der Waals surface area contributed by atoms with E-state index in [9.17, 15) is 13.2 Å². The summed E-state index contributed by atoms with van der Waals surface area (Å²) in [6.45, 7) is 7.42. The molecule has 0 saturated carbocycles. The quantitative estimate of drug-likeness (QED) is 0.926. The van der Waals surface area contributed by atoms with E-state index < -0.39 is 15.3 Å². The predicted molar refractivity (Wildman–Crippen MR) is 75.6 cm³/mol. The third kappa shape index (κ3) is 4.35. The minimum atomic E-state index is -3.18. The second kappa shape index (κ2) is 5.33. The molecule has 0 aliphatic heterocycles. The zero-order valence-electron chi connectivity index (χ0n) is 12.0. The summed E-state index contributed by atoms with van der Waals surface area (Å²) in [4.78, 5) is 12.2. The summed E-state index contributed by atoms with van der Waals surface area (Å²) in [6.07, 6.45) is 1.17. The maximum absolute atomic E-state index is 11.9. The maximum Gasteiger partial charge on any atom is 0.225 e. The molecule has 0 aromatic heterocycles. The molecule has 0 aliphatic carbocycles. The highest BCUT2D eigenvalue weighted by Crippen LogP contribution is 2.19. The van der Waals surface area contributed by atoms with Crippen LogP contribution in [0.25, 0.3) is 0 Å². The Morgan fingerprint density at radius 1 is 1.16 bits per heavy atom. The molecular weight excluding hydrogens is 262 g/mol. The van der Waals surface area contributed by atoms with Crippen LogP contribution >= 0.6 is 0 Å². The first-order valence-corrected chi connectivity index (χ1v) is 8.02. The van der Waals surface area contributed by atoms with Gasteiger partial charge in [0, 0.05) is 11.7 Å². The number of hydrogen-bond acceptors (Lipinski definition) is 3. The topological polar surface area (TPSA) is 63.2 Å². The molecule has 0 spiro atoms. The van der Waals surface area contributed by atoms with Crippen molar-refractivity contribution in [2.45, 2.75) is 38.6 Å². The van der Waals surface area contributed by atoms with E-state index in [4.69, 9.17) is 0 Å². The van der Waals surface area contributed by atoms with E-state index in [-0.39, 0.29) is 16.8 Å². The second-order valence-electron chi connectivity index (χ2n) is 5.79. The molecule has 0 fully saturated rings. The highest BCUT2D eigenvalue weighted by atomic mass is 32.2. The Bertz CT molecular complexity index is 553. The van der Waals surface area contributed by atoms with Crippen LogP contribution in [-0.4, -0.2) is 20.6 Å². The van der Waals surface area contributed by atoms with Crippen molar-refractivity contribution >= 4 is 15.7 Å². The minimum absolute atomic E-state index is 0.0350. The van der Waals surface area contributed by atoms with Crippen molar-refractivity contribution in [3.63, 3.8) is 0 Å². The first-order valence-electron chi connectivity index (χ1n) is 6.13. The first kappa shape index (κ1) is 15.7. The summed E-state index contributed by atoms with van der Waals surface area (Å²) >= 11 is 0. The number of hydrogen-bond donors (Lipinski definition) is 1. The van der Waals surface area contributed by atoms with Crippen molar-refractivity contribution in [2.75, 3.05) is 6.26 Å². The van der Waals surface area contributed by atoms with Crippen molar-refractivity contribution in [3.8, 4) is 0 Å². The van der Waals surface area contributed by atoms with E-state index in [1.54, 1.807) is 24.3 Å². The average molecular weight is 283 g/mol. The molecule has 1 amide bonds. The van der Waals surface area contributed by atoms with Gasteiger partial charge < -0.3 is 5.32 Å². The lowest BCUT2D eigenvalue weighted by Crippen LogP contribution is -2.36. The van der Waals surface area contributed by atoms with Crippen LogP contribution in [0.15, 0.2) is 29.2 Å². The maximum atomic E-state index is 11.9. The van der Waals surface area contributed by atoms with Crippen LogP contribution < -0.4 is 5.32 Å². The van der Waals surface area contributed by atoms with E-state index in [0.29, 0.717) is 0 Å². The van der Waals surface area contributed by atoms with Gasteiger partial charge in [-0.3, -0.25) is 4.79 Å². The van der Waals surface area contributed by atoms with Gasteiger partial charge in [0.25, 0.3) is 0 Å². The third-order valence-corrected chi connectivity index (χ3v) is 3.97. The van der Waals surface area contributed by atoms with Gasteiger partial charge in [0.15, 0.2) is 9.84 Å². The fourth-order valence-electron chi connectivity index (χ4n) is 1.50. The van der Waals surface area contributed by atoms with Gasteiger partial charge in [-0.25, -0.2) is 8.42 Å². The zero-order valence-corrected chi connectivity index (χ0v) is 12.8. The van der Waals surface area contributed by atoms with Gasteiger partial charge in [0.05, 0.1) is 10.9 Å². The number of benzene rings is 1. The molecule has 0 aliphatic rings. The Labute approximate surface area is 115 Å². The lowest BCUT2D eigenvalue weighted by atomic mass is 9.95. The molecule has 0 bridgehead atoms. The minimum Gasteiger partial charge on any atom is -0.349 e. The van der Waals surface area contributed by atoms with Crippen LogP contribution in [0, 0.1) is 5.41 Å². The number of nitrogens with one attached hydrogen (secondary N) is 1. The molecule has 1 N–H and O–H groups in total. The normalized spacial score (nSPS) is 13.9. The molecule has 1 aromatic rings. The number of rotatable bonds is 3. The van der Waals surface area contributed by atoms with Gasteiger partial charge in [-0.05, 0) is 24.6 Å². The number of amides is 1. The van der Waals surface area contributed by atoms with Gasteiger partial charge in [0.2, 0.25) is 5.91 Å². The summed E-state index contributed by atoms with van der Waals surface area (Å²) in [7, 11) is -3.18. The van der Waals surface area contributed by atoms with Crippen LogP contribution in [0.3, 0.4) is 0 Å². The number of sulfone groups is 1. The van der Waals surface area contributed by atoms with Gasteiger partial charge in [0.1, 0.15) is 0 Å². The SMILES string of the molecule is C[C@@H](NC(=O)C(C)(C)C)c1ccc(S(C)(=O)=O)cc1. The highest BCUT2D eigenvalue weighted by Gasteiger charge is 2.23. The van der Waals surface area contributed by atoms with Crippen LogP contribution in [-0.2, 0) is 14.6 Å². The smallest absolute Gasteiger partial charge is 0.225 e. The fourth-order valence-corrected chi connectivity index (χ4v) is 2.13. The van der Waals surface area contributed by atoms with Crippen molar-refractivity contribution in [1.29, 1.82) is 0 Å². The molecule has 106 valence electrons. The van der Waals surface area contributed by atoms with Gasteiger partial charge in [-0.2, -0.15) is 0 Å². The molecule has 0 unspecified atom stereocenters. The summed E-state index contributed by atoms with van der Waals surface area (Å²) in [5.41, 5.74) is 0.436. The largest absolute Gasteiger partial charge is 0.349 e. The van der Waals surface area contributed by atoms with Crippen LogP contribution in [0.5, 0.6) is 0 Å². The molecule has 1 rings (SSSR count). The van der Waals surface area contributed by atoms with Crippen molar-refractivity contribution in [2.24, 2.45) is 5.41 Å². The van der Waals surface area contributed by atoms with Crippen molar-refractivity contribution < 1.29 is 13.2 Å². The average Bonchev–Trinajstić information content (AvgIpc) is 2.26. The molecule has 5 heteroatoms. The Balaban J connectivity index is 2.85. The predicted octanol–water partition coefficient (Wildman–Crippen LogP) is 2.31. The fraction of sp³-hybridized carbons (Fsp3) is 0.500. The van der Waals surface area contributed by atoms with Crippen molar-refractivity contribution in [1.82, 2.24) is 5.32 Å². The second-order valence-corrected chi connectivity index (χ2v) is 7.80. The Morgan fingerprint density at radius 3 is 2.00 bits per heavy atom. The van der Waals surface area contributed by atoms with Crippen molar-refractivity contribution in [3.05, 3.63) is 29.8 Å². The van der Waals surface area contributed by atoms with Gasteiger partial charge >= 0.3 is 0 Å². The lowest BCUT2D eigenvalue weighted by Gasteiger charge is -2.22. The Morgan fingerprint density at radius 2 is 1.63 bits per heavy atom. The van der Waals surface area contributed by atoms with E-state index in [2.05, 4.69) is 5.32 Å². The zero-order chi connectivity index (χ0) is 14.8. The van der Waals surface area contributed by atoms with Gasteiger partial charge in [-0.15, -0.1) is 0 Å². The molecular formula is C14H21NO3S. The lowest BCUT2D eigenvalue weighted by molar-refractivity contribution is -0.129. The monoisotopic (exact) mass is 283 g/mol. The summed E-state index contributed by atoms with van der Waals surface area (Å²) in [5, 5.41) is 2.91. The Hall–Kier alpha value is -1.36.